The van der Waals surface area contributed by atoms with Crippen LogP contribution in [-0.2, 0) is 4.79 Å². The quantitative estimate of drug-likeness (QED) is 0.515. The second-order valence-electron chi connectivity index (χ2n) is 2.99. The molecule has 0 fully saturated rings. The highest BCUT2D eigenvalue weighted by Crippen LogP contribution is 2.05. The van der Waals surface area contributed by atoms with Crippen molar-refractivity contribution < 1.29 is 4.79 Å². The van der Waals surface area contributed by atoms with Crippen LogP contribution in [0.25, 0.3) is 6.08 Å². The summed E-state index contributed by atoms with van der Waals surface area (Å²) in [7, 11) is 3.70. The predicted octanol–water partition coefficient (Wildman–Crippen LogP) is 1.79. The van der Waals surface area contributed by atoms with Crippen LogP contribution < -0.4 is 0 Å². The van der Waals surface area contributed by atoms with E-state index < -0.39 is 0 Å². The Morgan fingerprint density at radius 1 is 1.23 bits per heavy atom. The fourth-order valence-electron chi connectivity index (χ4n) is 0.989. The van der Waals surface area contributed by atoms with E-state index in [2.05, 4.69) is 0 Å². The highest BCUT2D eigenvalue weighted by Gasteiger charge is 1.96. The number of carbonyl (C=O) groups is 1. The summed E-state index contributed by atoms with van der Waals surface area (Å²) in [5.41, 5.74) is 1.71. The minimum absolute atomic E-state index is 0.672. The number of nitrogens with zero attached hydrogens (tertiary/aromatic N) is 1. The number of benzene rings is 1. The van der Waals surface area contributed by atoms with E-state index in [9.17, 15) is 4.79 Å². The highest BCUT2D eigenvalue weighted by atomic mass is 16.1. The molecule has 0 amide bonds. The van der Waals surface area contributed by atoms with Crippen molar-refractivity contribution in [2.75, 3.05) is 14.1 Å². The van der Waals surface area contributed by atoms with E-state index in [0.717, 1.165) is 11.8 Å². The first-order valence-corrected chi connectivity index (χ1v) is 4.13. The van der Waals surface area contributed by atoms with Crippen LogP contribution in [0.3, 0.4) is 0 Å². The maximum atomic E-state index is 10.6. The third kappa shape index (κ3) is 2.75. The summed E-state index contributed by atoms with van der Waals surface area (Å²) in [6, 6.07) is 9.78. The molecular formula is C11H13NO. The zero-order valence-corrected chi connectivity index (χ0v) is 7.90. The first-order valence-electron chi connectivity index (χ1n) is 4.13. The smallest absolute Gasteiger partial charge is 0.166 e. The van der Waals surface area contributed by atoms with Crippen molar-refractivity contribution in [1.29, 1.82) is 0 Å². The Balaban J connectivity index is 2.92. The molecule has 1 aromatic carbocycles. The van der Waals surface area contributed by atoms with Crippen LogP contribution in [0.2, 0.25) is 0 Å². The molecule has 68 valence electrons. The van der Waals surface area contributed by atoms with Gasteiger partial charge in [0.15, 0.2) is 6.29 Å². The molecule has 0 spiro atoms. The molecule has 0 radical (unpaired) electrons. The molecular weight excluding hydrogens is 162 g/mol. The van der Waals surface area contributed by atoms with E-state index in [1.807, 2.05) is 50.5 Å². The fraction of sp³-hybridized carbons (Fsp3) is 0.182. The molecule has 0 aliphatic carbocycles. The topological polar surface area (TPSA) is 20.3 Å². The van der Waals surface area contributed by atoms with Crippen LogP contribution >= 0.6 is 0 Å². The third-order valence-corrected chi connectivity index (χ3v) is 1.75. The van der Waals surface area contributed by atoms with E-state index in [1.54, 1.807) is 4.90 Å². The van der Waals surface area contributed by atoms with Crippen molar-refractivity contribution >= 4 is 12.4 Å². The standard InChI is InChI=1S/C11H13NO/c1-12(2)11(9-13)8-10-6-4-3-5-7-10/h3-9H,1-2H3/b11-8+. The number of likely N-dealkylation sites (N-methyl/N-ethyl adjacent to an activating group) is 1. The maximum absolute atomic E-state index is 10.6. The Bertz CT molecular complexity index is 301. The number of rotatable bonds is 3. The van der Waals surface area contributed by atoms with Crippen LogP contribution in [-0.4, -0.2) is 25.3 Å². The number of allylic oxidation sites excluding steroid dienone is 1. The molecule has 0 atom stereocenters. The third-order valence-electron chi connectivity index (χ3n) is 1.75. The van der Waals surface area contributed by atoms with Crippen molar-refractivity contribution in [2.45, 2.75) is 0 Å². The molecule has 13 heavy (non-hydrogen) atoms. The van der Waals surface area contributed by atoms with E-state index in [4.69, 9.17) is 0 Å². The van der Waals surface area contributed by atoms with Crippen LogP contribution in [0, 0.1) is 0 Å². The van der Waals surface area contributed by atoms with E-state index in [1.165, 1.54) is 0 Å². The lowest BCUT2D eigenvalue weighted by molar-refractivity contribution is -0.105. The van der Waals surface area contributed by atoms with Gasteiger partial charge in [0.05, 0.1) is 5.70 Å². The number of aldehydes is 1. The van der Waals surface area contributed by atoms with Gasteiger partial charge in [0.1, 0.15) is 0 Å². The Kier molecular flexibility index (Phi) is 3.26. The van der Waals surface area contributed by atoms with Crippen LogP contribution in [0.15, 0.2) is 36.0 Å². The monoisotopic (exact) mass is 175 g/mol. The van der Waals surface area contributed by atoms with Crippen molar-refractivity contribution in [2.24, 2.45) is 0 Å². The Morgan fingerprint density at radius 2 is 1.85 bits per heavy atom. The molecule has 0 bridgehead atoms. The molecule has 0 N–H and O–H groups in total. The van der Waals surface area contributed by atoms with Crippen molar-refractivity contribution in [3.8, 4) is 0 Å². The first kappa shape index (κ1) is 9.52. The first-order chi connectivity index (χ1) is 6.24. The number of hydrogen-bond acceptors (Lipinski definition) is 2. The average molecular weight is 175 g/mol. The van der Waals surface area contributed by atoms with Gasteiger partial charge in [-0.25, -0.2) is 0 Å². The van der Waals surface area contributed by atoms with Gasteiger partial charge in [-0.15, -0.1) is 0 Å². The van der Waals surface area contributed by atoms with Gasteiger partial charge in [-0.3, -0.25) is 4.79 Å². The molecule has 1 aromatic rings. The molecule has 0 heterocycles. The summed E-state index contributed by atoms with van der Waals surface area (Å²) in [5, 5.41) is 0. The Labute approximate surface area is 78.5 Å². The van der Waals surface area contributed by atoms with Gasteiger partial charge in [0, 0.05) is 14.1 Å². The lowest BCUT2D eigenvalue weighted by Gasteiger charge is -2.10. The molecule has 0 saturated heterocycles. The summed E-state index contributed by atoms with van der Waals surface area (Å²) in [6.07, 6.45) is 2.71. The number of carbonyl (C=O) groups excluding carboxylic acids is 1. The van der Waals surface area contributed by atoms with Crippen LogP contribution in [0.5, 0.6) is 0 Å². The molecule has 2 nitrogen and oxygen atoms in total. The highest BCUT2D eigenvalue weighted by molar-refractivity contribution is 5.80. The van der Waals surface area contributed by atoms with Gasteiger partial charge in [-0.05, 0) is 11.6 Å². The SMILES string of the molecule is CN(C)/C(C=O)=C/c1ccccc1. The maximum Gasteiger partial charge on any atom is 0.166 e. The molecule has 0 aromatic heterocycles. The van der Waals surface area contributed by atoms with Gasteiger partial charge in [0.25, 0.3) is 0 Å². The van der Waals surface area contributed by atoms with Gasteiger partial charge >= 0.3 is 0 Å². The largest absolute Gasteiger partial charge is 0.375 e. The fourth-order valence-corrected chi connectivity index (χ4v) is 0.989. The lowest BCUT2D eigenvalue weighted by Crippen LogP contribution is -2.11. The second-order valence-corrected chi connectivity index (χ2v) is 2.99. The minimum atomic E-state index is 0.672. The summed E-state index contributed by atoms with van der Waals surface area (Å²) in [4.78, 5) is 12.4. The molecule has 0 aliphatic heterocycles. The van der Waals surface area contributed by atoms with Crippen molar-refractivity contribution in [1.82, 2.24) is 4.90 Å². The van der Waals surface area contributed by atoms with E-state index in [-0.39, 0.29) is 0 Å². The van der Waals surface area contributed by atoms with Crippen molar-refractivity contribution in [3.05, 3.63) is 41.6 Å². The van der Waals surface area contributed by atoms with Gasteiger partial charge < -0.3 is 4.90 Å². The molecule has 2 heteroatoms. The minimum Gasteiger partial charge on any atom is -0.375 e. The molecule has 0 unspecified atom stereocenters. The summed E-state index contributed by atoms with van der Waals surface area (Å²) >= 11 is 0. The van der Waals surface area contributed by atoms with Gasteiger partial charge in [0.2, 0.25) is 0 Å². The zero-order chi connectivity index (χ0) is 9.68. The summed E-state index contributed by atoms with van der Waals surface area (Å²) < 4.78 is 0. The van der Waals surface area contributed by atoms with Crippen LogP contribution in [0.1, 0.15) is 5.56 Å². The van der Waals surface area contributed by atoms with Gasteiger partial charge in [-0.1, -0.05) is 30.3 Å². The predicted molar refractivity (Wildman–Crippen MR) is 54.2 cm³/mol. The Morgan fingerprint density at radius 3 is 2.31 bits per heavy atom. The second kappa shape index (κ2) is 4.45. The van der Waals surface area contributed by atoms with Gasteiger partial charge in [-0.2, -0.15) is 0 Å². The molecule has 1 rings (SSSR count). The summed E-state index contributed by atoms with van der Waals surface area (Å²) in [6.45, 7) is 0. The van der Waals surface area contributed by atoms with Crippen molar-refractivity contribution in [3.63, 3.8) is 0 Å². The molecule has 0 aliphatic rings. The Hall–Kier alpha value is -1.57. The number of hydrogen-bond donors (Lipinski definition) is 0. The van der Waals surface area contributed by atoms with E-state index >= 15 is 0 Å². The van der Waals surface area contributed by atoms with Crippen LogP contribution in [0.4, 0.5) is 0 Å². The lowest BCUT2D eigenvalue weighted by atomic mass is 10.2. The normalized spacial score (nSPS) is 11.1. The average Bonchev–Trinajstić information content (AvgIpc) is 2.15. The zero-order valence-electron chi connectivity index (χ0n) is 7.90. The molecule has 0 saturated carbocycles. The van der Waals surface area contributed by atoms with E-state index in [0.29, 0.717) is 5.70 Å². The summed E-state index contributed by atoms with van der Waals surface area (Å²) in [5.74, 6) is 0.